The van der Waals surface area contributed by atoms with Crippen LogP contribution in [0.3, 0.4) is 0 Å². The van der Waals surface area contributed by atoms with E-state index in [9.17, 15) is 4.79 Å². The van der Waals surface area contributed by atoms with Crippen LogP contribution in [-0.4, -0.2) is 18.7 Å². The molecule has 0 aromatic heterocycles. The molecule has 0 spiro atoms. The van der Waals surface area contributed by atoms with Crippen molar-refractivity contribution in [2.24, 2.45) is 4.99 Å². The summed E-state index contributed by atoms with van der Waals surface area (Å²) in [7, 11) is 0. The maximum Gasteiger partial charge on any atom is 0.224 e. The molecule has 0 atom stereocenters. The second-order valence-corrected chi connectivity index (χ2v) is 2.27. The molecule has 0 rings (SSSR count). The largest absolute Gasteiger partial charge is 0.325 e. The Hall–Kier alpha value is -1.12. The molecule has 0 saturated heterocycles. The second-order valence-electron chi connectivity index (χ2n) is 2.27. The van der Waals surface area contributed by atoms with Crippen molar-refractivity contribution in [3.8, 4) is 0 Å². The van der Waals surface area contributed by atoms with Crippen molar-refractivity contribution in [3.05, 3.63) is 11.8 Å². The van der Waals surface area contributed by atoms with Crippen LogP contribution in [0.5, 0.6) is 0 Å². The fourth-order valence-electron chi connectivity index (χ4n) is 0.618. The van der Waals surface area contributed by atoms with Crippen LogP contribution < -0.4 is 5.32 Å². The Morgan fingerprint density at radius 2 is 2.25 bits per heavy atom. The SMILES string of the molecule is C/C=C(\C=NCC)NC(=O)CC.[HH]. The molecule has 0 aliphatic heterocycles. The van der Waals surface area contributed by atoms with E-state index in [1.165, 1.54) is 0 Å². The van der Waals surface area contributed by atoms with E-state index in [4.69, 9.17) is 0 Å². The molecule has 0 bridgehead atoms. The first-order valence-corrected chi connectivity index (χ1v) is 4.20. The molecule has 12 heavy (non-hydrogen) atoms. The van der Waals surface area contributed by atoms with Crippen molar-refractivity contribution in [2.45, 2.75) is 27.2 Å². The number of carbonyl (C=O) groups excluding carboxylic acids is 1. The van der Waals surface area contributed by atoms with Gasteiger partial charge in [-0.05, 0) is 13.8 Å². The summed E-state index contributed by atoms with van der Waals surface area (Å²) in [5, 5.41) is 2.72. The number of hydrogen-bond donors (Lipinski definition) is 1. The Kier molecular flexibility index (Phi) is 5.97. The highest BCUT2D eigenvalue weighted by Crippen LogP contribution is 1.86. The average Bonchev–Trinajstić information content (AvgIpc) is 2.11. The van der Waals surface area contributed by atoms with Gasteiger partial charge >= 0.3 is 0 Å². The maximum atomic E-state index is 10.9. The number of allylic oxidation sites excluding steroid dienone is 2. The topological polar surface area (TPSA) is 41.5 Å². The van der Waals surface area contributed by atoms with Crippen LogP contribution in [0.4, 0.5) is 0 Å². The molecule has 1 N–H and O–H groups in total. The first kappa shape index (κ1) is 10.9. The summed E-state index contributed by atoms with van der Waals surface area (Å²) in [4.78, 5) is 15.0. The van der Waals surface area contributed by atoms with Gasteiger partial charge in [-0.25, -0.2) is 0 Å². The molecule has 0 aliphatic carbocycles. The van der Waals surface area contributed by atoms with Crippen LogP contribution in [0, 0.1) is 0 Å². The average molecular weight is 170 g/mol. The third-order valence-corrected chi connectivity index (χ3v) is 1.33. The van der Waals surface area contributed by atoms with Crippen LogP contribution in [0.2, 0.25) is 0 Å². The molecular weight excluding hydrogens is 152 g/mol. The van der Waals surface area contributed by atoms with Gasteiger partial charge in [0.2, 0.25) is 5.91 Å². The lowest BCUT2D eigenvalue weighted by Gasteiger charge is -2.01. The predicted octanol–water partition coefficient (Wildman–Crippen LogP) is 1.75. The van der Waals surface area contributed by atoms with E-state index in [-0.39, 0.29) is 7.33 Å². The van der Waals surface area contributed by atoms with Gasteiger partial charge in [-0.1, -0.05) is 13.0 Å². The predicted molar refractivity (Wildman–Crippen MR) is 53.3 cm³/mol. The maximum absolute atomic E-state index is 10.9. The van der Waals surface area contributed by atoms with Crippen molar-refractivity contribution in [1.82, 2.24) is 5.32 Å². The van der Waals surface area contributed by atoms with Crippen molar-refractivity contribution in [2.75, 3.05) is 6.54 Å². The molecular formula is C9H18N2O. The van der Waals surface area contributed by atoms with Gasteiger partial charge in [-0.2, -0.15) is 0 Å². The minimum Gasteiger partial charge on any atom is -0.325 e. The number of carbonyl (C=O) groups is 1. The Balaban J connectivity index is 0. The van der Waals surface area contributed by atoms with Crippen molar-refractivity contribution in [3.63, 3.8) is 0 Å². The minimum absolute atomic E-state index is 0. The molecule has 0 radical (unpaired) electrons. The van der Waals surface area contributed by atoms with E-state index in [0.717, 1.165) is 12.2 Å². The highest BCUT2D eigenvalue weighted by atomic mass is 16.1. The third kappa shape index (κ3) is 4.66. The lowest BCUT2D eigenvalue weighted by atomic mass is 10.4. The quantitative estimate of drug-likeness (QED) is 0.642. The van der Waals surface area contributed by atoms with Crippen LogP contribution in [0.25, 0.3) is 0 Å². The zero-order valence-corrected chi connectivity index (χ0v) is 7.92. The summed E-state index contributed by atoms with van der Waals surface area (Å²) in [5.41, 5.74) is 0.767. The van der Waals surface area contributed by atoms with Gasteiger partial charge in [0.25, 0.3) is 0 Å². The highest BCUT2D eigenvalue weighted by molar-refractivity contribution is 5.87. The molecule has 1 amide bonds. The molecule has 3 heteroatoms. The van der Waals surface area contributed by atoms with Gasteiger partial charge in [-0.3, -0.25) is 9.79 Å². The number of hydrogen-bond acceptors (Lipinski definition) is 2. The summed E-state index contributed by atoms with van der Waals surface area (Å²) < 4.78 is 0. The summed E-state index contributed by atoms with van der Waals surface area (Å²) in [5.74, 6) is 0.0191. The number of aliphatic imine (C=N–C) groups is 1. The third-order valence-electron chi connectivity index (χ3n) is 1.33. The summed E-state index contributed by atoms with van der Waals surface area (Å²) in [6.07, 6.45) is 4.00. The van der Waals surface area contributed by atoms with Gasteiger partial charge in [0, 0.05) is 20.6 Å². The Morgan fingerprint density at radius 1 is 1.58 bits per heavy atom. The van der Waals surface area contributed by atoms with Crippen molar-refractivity contribution >= 4 is 12.1 Å². The first-order valence-electron chi connectivity index (χ1n) is 4.20. The molecule has 0 aliphatic rings. The van der Waals surface area contributed by atoms with Gasteiger partial charge in [0.05, 0.1) is 5.70 Å². The molecule has 0 saturated carbocycles. The number of nitrogens with one attached hydrogen (secondary N) is 1. The van der Waals surface area contributed by atoms with Gasteiger partial charge in [-0.15, -0.1) is 0 Å². The van der Waals surface area contributed by atoms with E-state index in [0.29, 0.717) is 6.42 Å². The molecule has 70 valence electrons. The van der Waals surface area contributed by atoms with Crippen LogP contribution >= 0.6 is 0 Å². The Bertz CT molecular complexity index is 200. The van der Waals surface area contributed by atoms with Crippen LogP contribution in [0.1, 0.15) is 28.6 Å². The Labute approximate surface area is 75.1 Å². The van der Waals surface area contributed by atoms with E-state index in [1.807, 2.05) is 26.8 Å². The molecule has 0 unspecified atom stereocenters. The fourth-order valence-corrected chi connectivity index (χ4v) is 0.618. The number of amides is 1. The summed E-state index contributed by atoms with van der Waals surface area (Å²) >= 11 is 0. The monoisotopic (exact) mass is 170 g/mol. The highest BCUT2D eigenvalue weighted by Gasteiger charge is 1.96. The van der Waals surface area contributed by atoms with E-state index in [2.05, 4.69) is 10.3 Å². The zero-order chi connectivity index (χ0) is 9.40. The molecule has 0 aromatic carbocycles. The molecule has 3 nitrogen and oxygen atoms in total. The summed E-state index contributed by atoms with van der Waals surface area (Å²) in [6.45, 7) is 6.37. The van der Waals surface area contributed by atoms with E-state index >= 15 is 0 Å². The number of nitrogens with zero attached hydrogens (tertiary/aromatic N) is 1. The molecule has 0 aromatic rings. The fraction of sp³-hybridized carbons (Fsp3) is 0.556. The smallest absolute Gasteiger partial charge is 0.224 e. The Morgan fingerprint density at radius 3 is 2.67 bits per heavy atom. The lowest BCUT2D eigenvalue weighted by molar-refractivity contribution is -0.119. The second kappa shape index (κ2) is 6.58. The molecule has 0 heterocycles. The lowest BCUT2D eigenvalue weighted by Crippen LogP contribution is -2.22. The van der Waals surface area contributed by atoms with E-state index < -0.39 is 0 Å². The standard InChI is InChI=1S/C9H16N2O.H2/c1-4-8(7-10-6-3)11-9(12)5-2;/h4,7H,5-6H2,1-3H3,(H,11,12);1H/b8-4+,10-7?;. The van der Waals surface area contributed by atoms with E-state index in [1.54, 1.807) is 6.21 Å². The van der Waals surface area contributed by atoms with Gasteiger partial charge in [0.15, 0.2) is 0 Å². The van der Waals surface area contributed by atoms with Crippen molar-refractivity contribution in [1.29, 1.82) is 0 Å². The van der Waals surface area contributed by atoms with Gasteiger partial charge < -0.3 is 5.32 Å². The van der Waals surface area contributed by atoms with Crippen molar-refractivity contribution < 1.29 is 6.22 Å². The minimum atomic E-state index is 0. The molecule has 0 fully saturated rings. The first-order chi connectivity index (χ1) is 5.74. The normalized spacial score (nSPS) is 12.1. The van der Waals surface area contributed by atoms with Crippen LogP contribution in [-0.2, 0) is 4.79 Å². The van der Waals surface area contributed by atoms with Crippen LogP contribution in [0.15, 0.2) is 16.8 Å². The number of rotatable bonds is 4. The zero-order valence-electron chi connectivity index (χ0n) is 7.92. The summed E-state index contributed by atoms with van der Waals surface area (Å²) in [6, 6.07) is 0. The van der Waals surface area contributed by atoms with Gasteiger partial charge in [0.1, 0.15) is 0 Å².